The molecule has 1 rings (SSSR count). The van der Waals surface area contributed by atoms with E-state index in [1.54, 1.807) is 19.2 Å². The number of aliphatic carboxylic acids is 1. The minimum Gasteiger partial charge on any atom is -0.480 e. The molecule has 6 heteroatoms. The summed E-state index contributed by atoms with van der Waals surface area (Å²) in [6.45, 7) is 1.73. The smallest absolute Gasteiger partial charge is 0.326 e. The lowest BCUT2D eigenvalue weighted by Crippen LogP contribution is -2.42. The van der Waals surface area contributed by atoms with Gasteiger partial charge >= 0.3 is 5.97 Å². The maximum atomic E-state index is 11.7. The van der Waals surface area contributed by atoms with Gasteiger partial charge in [-0.2, -0.15) is 5.10 Å². The van der Waals surface area contributed by atoms with E-state index in [4.69, 9.17) is 5.11 Å². The van der Waals surface area contributed by atoms with Gasteiger partial charge in [-0.1, -0.05) is 6.92 Å². The third-order valence-electron chi connectivity index (χ3n) is 2.43. The Bertz CT molecular complexity index is 361. The number of amides is 1. The molecule has 88 valence electrons. The number of aromatic amines is 1. The minimum atomic E-state index is -0.983. The molecule has 1 atom stereocenters. The quantitative estimate of drug-likeness (QED) is 0.753. The van der Waals surface area contributed by atoms with Gasteiger partial charge in [0.15, 0.2) is 0 Å². The maximum Gasteiger partial charge on any atom is 0.326 e. The van der Waals surface area contributed by atoms with Gasteiger partial charge in [0, 0.05) is 18.9 Å². The Balaban J connectivity index is 2.62. The van der Waals surface area contributed by atoms with E-state index < -0.39 is 12.0 Å². The Morgan fingerprint density at radius 3 is 2.75 bits per heavy atom. The van der Waals surface area contributed by atoms with Crippen LogP contribution >= 0.6 is 0 Å². The van der Waals surface area contributed by atoms with Crippen molar-refractivity contribution in [2.24, 2.45) is 0 Å². The van der Waals surface area contributed by atoms with Gasteiger partial charge in [-0.3, -0.25) is 9.89 Å². The Labute approximate surface area is 93.3 Å². The van der Waals surface area contributed by atoms with Crippen LogP contribution in [0.3, 0.4) is 0 Å². The molecular formula is C10H15N3O3. The molecule has 0 saturated carbocycles. The average molecular weight is 225 g/mol. The molecule has 0 aromatic carbocycles. The van der Waals surface area contributed by atoms with Crippen molar-refractivity contribution in [3.8, 4) is 0 Å². The number of H-pyrrole nitrogens is 1. The number of likely N-dealkylation sites (N-methyl/N-ethyl adjacent to an activating group) is 1. The van der Waals surface area contributed by atoms with Crippen molar-refractivity contribution in [1.29, 1.82) is 0 Å². The summed E-state index contributed by atoms with van der Waals surface area (Å²) in [6.07, 6.45) is 2.08. The highest BCUT2D eigenvalue weighted by Crippen LogP contribution is 2.05. The zero-order valence-electron chi connectivity index (χ0n) is 9.30. The van der Waals surface area contributed by atoms with Crippen molar-refractivity contribution in [2.45, 2.75) is 25.8 Å². The lowest BCUT2D eigenvalue weighted by Gasteiger charge is -2.23. The monoisotopic (exact) mass is 225 g/mol. The number of nitrogens with one attached hydrogen (secondary N) is 1. The molecule has 1 aromatic heterocycles. The van der Waals surface area contributed by atoms with Gasteiger partial charge < -0.3 is 10.0 Å². The highest BCUT2D eigenvalue weighted by molar-refractivity contribution is 5.84. The van der Waals surface area contributed by atoms with Gasteiger partial charge in [0.1, 0.15) is 6.04 Å². The molecule has 2 N–H and O–H groups in total. The molecule has 0 aliphatic carbocycles. The number of carbonyl (C=O) groups is 2. The van der Waals surface area contributed by atoms with Crippen LogP contribution in [0.2, 0.25) is 0 Å². The van der Waals surface area contributed by atoms with Gasteiger partial charge in [0.05, 0.1) is 6.42 Å². The molecule has 0 fully saturated rings. The Hall–Kier alpha value is -1.85. The second-order valence-electron chi connectivity index (χ2n) is 3.53. The molecule has 1 unspecified atom stereocenters. The fourth-order valence-electron chi connectivity index (χ4n) is 1.46. The first-order chi connectivity index (χ1) is 7.56. The first kappa shape index (κ1) is 12.2. The molecule has 0 aliphatic heterocycles. The average Bonchev–Trinajstić information content (AvgIpc) is 2.70. The topological polar surface area (TPSA) is 86.3 Å². The summed E-state index contributed by atoms with van der Waals surface area (Å²) in [5.41, 5.74) is 0.678. The molecule has 1 aromatic rings. The van der Waals surface area contributed by atoms with Gasteiger partial charge in [-0.05, 0) is 12.5 Å². The van der Waals surface area contributed by atoms with Crippen molar-refractivity contribution in [1.82, 2.24) is 15.1 Å². The van der Waals surface area contributed by atoms with Gasteiger partial charge in [0.25, 0.3) is 0 Å². The van der Waals surface area contributed by atoms with E-state index in [-0.39, 0.29) is 12.3 Å². The van der Waals surface area contributed by atoms with E-state index in [0.29, 0.717) is 12.1 Å². The van der Waals surface area contributed by atoms with Crippen LogP contribution in [0.1, 0.15) is 19.0 Å². The summed E-state index contributed by atoms with van der Waals surface area (Å²) in [4.78, 5) is 23.8. The maximum absolute atomic E-state index is 11.7. The summed E-state index contributed by atoms with van der Waals surface area (Å²) >= 11 is 0. The van der Waals surface area contributed by atoms with Crippen molar-refractivity contribution in [2.75, 3.05) is 7.05 Å². The summed E-state index contributed by atoms with van der Waals surface area (Å²) < 4.78 is 0. The van der Waals surface area contributed by atoms with Crippen LogP contribution in [0.25, 0.3) is 0 Å². The third-order valence-corrected chi connectivity index (χ3v) is 2.43. The highest BCUT2D eigenvalue weighted by Gasteiger charge is 2.24. The van der Waals surface area contributed by atoms with E-state index in [1.807, 2.05) is 0 Å². The molecule has 0 radical (unpaired) electrons. The van der Waals surface area contributed by atoms with E-state index >= 15 is 0 Å². The molecule has 0 bridgehead atoms. The van der Waals surface area contributed by atoms with E-state index in [1.165, 1.54) is 11.9 Å². The SMILES string of the molecule is CCC(C(=O)O)N(C)C(=O)Cc1ccn[nH]1. The predicted molar refractivity (Wildman–Crippen MR) is 56.8 cm³/mol. The standard InChI is InChI=1S/C10H15N3O3/c1-3-8(10(15)16)13(2)9(14)6-7-4-5-11-12-7/h4-5,8H,3,6H2,1-2H3,(H,11,12)(H,15,16). The minimum absolute atomic E-state index is 0.139. The van der Waals surface area contributed by atoms with Crippen molar-refractivity contribution in [3.63, 3.8) is 0 Å². The second-order valence-corrected chi connectivity index (χ2v) is 3.53. The van der Waals surface area contributed by atoms with E-state index in [0.717, 1.165) is 0 Å². The Kier molecular flexibility index (Phi) is 4.04. The number of rotatable bonds is 5. The molecule has 0 saturated heterocycles. The molecule has 1 heterocycles. The van der Waals surface area contributed by atoms with Crippen LogP contribution in [0.5, 0.6) is 0 Å². The molecule has 1 amide bonds. The number of aromatic nitrogens is 2. The van der Waals surface area contributed by atoms with Crippen molar-refractivity contribution < 1.29 is 14.7 Å². The first-order valence-electron chi connectivity index (χ1n) is 5.03. The highest BCUT2D eigenvalue weighted by atomic mass is 16.4. The van der Waals surface area contributed by atoms with Crippen LogP contribution in [-0.2, 0) is 16.0 Å². The number of nitrogens with zero attached hydrogens (tertiary/aromatic N) is 2. The number of carboxylic acids is 1. The predicted octanol–water partition coefficient (Wildman–Crippen LogP) is 0.274. The van der Waals surface area contributed by atoms with E-state index in [9.17, 15) is 9.59 Å². The Morgan fingerprint density at radius 2 is 2.31 bits per heavy atom. The fraction of sp³-hybridized carbons (Fsp3) is 0.500. The molecular weight excluding hydrogens is 210 g/mol. The summed E-state index contributed by atoms with van der Waals surface area (Å²) in [5.74, 6) is -1.22. The summed E-state index contributed by atoms with van der Waals surface area (Å²) in [5, 5.41) is 15.3. The summed E-state index contributed by atoms with van der Waals surface area (Å²) in [6, 6.07) is 0.920. The lowest BCUT2D eigenvalue weighted by molar-refractivity contribution is -0.148. The molecule has 0 spiro atoms. The lowest BCUT2D eigenvalue weighted by atomic mass is 10.2. The first-order valence-corrected chi connectivity index (χ1v) is 5.03. The normalized spacial score (nSPS) is 12.1. The largest absolute Gasteiger partial charge is 0.480 e. The van der Waals surface area contributed by atoms with Gasteiger partial charge in [-0.15, -0.1) is 0 Å². The number of carbonyl (C=O) groups excluding carboxylic acids is 1. The van der Waals surface area contributed by atoms with Crippen LogP contribution in [0.4, 0.5) is 0 Å². The third kappa shape index (κ3) is 2.82. The molecule has 0 aliphatic rings. The summed E-state index contributed by atoms with van der Waals surface area (Å²) in [7, 11) is 1.50. The Morgan fingerprint density at radius 1 is 1.62 bits per heavy atom. The van der Waals surface area contributed by atoms with Gasteiger partial charge in [-0.25, -0.2) is 4.79 Å². The number of hydrogen-bond acceptors (Lipinski definition) is 3. The number of carboxylic acid groups (broad SMARTS) is 1. The van der Waals surface area contributed by atoms with E-state index in [2.05, 4.69) is 10.2 Å². The zero-order chi connectivity index (χ0) is 12.1. The van der Waals surface area contributed by atoms with Crippen LogP contribution in [0, 0.1) is 0 Å². The zero-order valence-corrected chi connectivity index (χ0v) is 9.30. The van der Waals surface area contributed by atoms with Crippen molar-refractivity contribution in [3.05, 3.63) is 18.0 Å². The van der Waals surface area contributed by atoms with Crippen LogP contribution in [-0.4, -0.2) is 45.2 Å². The van der Waals surface area contributed by atoms with Gasteiger partial charge in [0.2, 0.25) is 5.91 Å². The number of hydrogen-bond donors (Lipinski definition) is 2. The molecule has 16 heavy (non-hydrogen) atoms. The van der Waals surface area contributed by atoms with Crippen molar-refractivity contribution >= 4 is 11.9 Å². The molecule has 6 nitrogen and oxygen atoms in total. The second kappa shape index (κ2) is 5.29. The van der Waals surface area contributed by atoms with Crippen LogP contribution < -0.4 is 0 Å². The van der Waals surface area contributed by atoms with Crippen LogP contribution in [0.15, 0.2) is 12.3 Å². The fourth-order valence-corrected chi connectivity index (χ4v) is 1.46.